The number of benzene rings is 1. The number of carboxylic acid groups (broad SMARTS) is 1. The lowest BCUT2D eigenvalue weighted by Crippen LogP contribution is -2.69. The number of carbonyl (C=O) groups excluding carboxylic acids is 2. The topological polar surface area (TPSA) is 117 Å². The zero-order chi connectivity index (χ0) is 21.3. The van der Waals surface area contributed by atoms with E-state index in [2.05, 4.69) is 4.98 Å². The average Bonchev–Trinajstić information content (AvgIpc) is 2.75. The Kier molecular flexibility index (Phi) is 5.39. The molecule has 2 aromatic rings. The first-order valence-electron chi connectivity index (χ1n) is 10.1. The lowest BCUT2D eigenvalue weighted by atomic mass is 9.82. The number of imide groups is 1. The summed E-state index contributed by atoms with van der Waals surface area (Å²) in [4.78, 5) is 44.6. The first-order chi connectivity index (χ1) is 14.5. The van der Waals surface area contributed by atoms with Gasteiger partial charge >= 0.3 is 12.0 Å². The van der Waals surface area contributed by atoms with Crippen LogP contribution in [-0.4, -0.2) is 50.4 Å². The number of nitrogens with zero attached hydrogens (tertiary/aromatic N) is 3. The fourth-order valence-electron chi connectivity index (χ4n) is 4.44. The van der Waals surface area contributed by atoms with Gasteiger partial charge in [0.25, 0.3) is 0 Å². The third kappa shape index (κ3) is 3.60. The first-order valence-corrected chi connectivity index (χ1v) is 10.1. The number of aromatic nitrogens is 1. The molecule has 1 unspecified atom stereocenters. The van der Waals surface area contributed by atoms with Crippen LogP contribution in [0, 0.1) is 5.92 Å². The summed E-state index contributed by atoms with van der Waals surface area (Å²) in [5.41, 5.74) is 7.40. The number of piperidine rings is 1. The molecular formula is C22H24N4O4. The zero-order valence-corrected chi connectivity index (χ0v) is 16.5. The number of nitrogen functional groups attached to an aromatic ring is 1. The molecule has 156 valence electrons. The van der Waals surface area contributed by atoms with Gasteiger partial charge in [-0.05, 0) is 48.9 Å². The van der Waals surface area contributed by atoms with Gasteiger partial charge in [-0.15, -0.1) is 0 Å². The predicted octanol–water partition coefficient (Wildman–Crippen LogP) is 2.47. The molecule has 3 atom stereocenters. The van der Waals surface area contributed by atoms with Gasteiger partial charge in [-0.25, -0.2) is 19.5 Å². The van der Waals surface area contributed by atoms with E-state index in [4.69, 9.17) is 5.73 Å². The molecule has 0 spiro atoms. The van der Waals surface area contributed by atoms with Crippen LogP contribution in [0.25, 0.3) is 0 Å². The molecule has 0 bridgehead atoms. The highest BCUT2D eigenvalue weighted by Gasteiger charge is 2.56. The number of hydrogen-bond acceptors (Lipinski definition) is 5. The van der Waals surface area contributed by atoms with Gasteiger partial charge in [-0.2, -0.15) is 0 Å². The van der Waals surface area contributed by atoms with E-state index in [0.717, 1.165) is 35.3 Å². The van der Waals surface area contributed by atoms with E-state index in [1.54, 1.807) is 17.0 Å². The second-order valence-corrected chi connectivity index (χ2v) is 7.79. The van der Waals surface area contributed by atoms with Crippen LogP contribution < -0.4 is 5.73 Å². The second kappa shape index (κ2) is 8.14. The second-order valence-electron chi connectivity index (χ2n) is 7.79. The third-order valence-corrected chi connectivity index (χ3v) is 5.91. The average molecular weight is 408 g/mol. The molecule has 0 radical (unpaired) electrons. The molecule has 0 aliphatic carbocycles. The van der Waals surface area contributed by atoms with Crippen LogP contribution in [-0.2, 0) is 16.0 Å². The zero-order valence-electron chi connectivity index (χ0n) is 16.5. The van der Waals surface area contributed by atoms with Crippen LogP contribution in [0.4, 0.5) is 10.6 Å². The highest BCUT2D eigenvalue weighted by atomic mass is 16.4. The van der Waals surface area contributed by atoms with Gasteiger partial charge in [0, 0.05) is 12.7 Å². The van der Waals surface area contributed by atoms with Crippen LogP contribution in [0.2, 0.25) is 0 Å². The van der Waals surface area contributed by atoms with Gasteiger partial charge in [-0.1, -0.05) is 30.3 Å². The van der Waals surface area contributed by atoms with Crippen molar-refractivity contribution in [2.45, 2.75) is 37.8 Å². The van der Waals surface area contributed by atoms with E-state index in [9.17, 15) is 19.5 Å². The van der Waals surface area contributed by atoms with E-state index in [1.165, 1.54) is 6.20 Å². The minimum Gasteiger partial charge on any atom is -0.480 e. The Balaban J connectivity index is 1.55. The lowest BCUT2D eigenvalue weighted by molar-refractivity contribution is -0.166. The summed E-state index contributed by atoms with van der Waals surface area (Å²) in [5, 5.41) is 9.75. The molecule has 30 heavy (non-hydrogen) atoms. The van der Waals surface area contributed by atoms with E-state index in [1.807, 2.05) is 30.3 Å². The maximum absolute atomic E-state index is 13.3. The number of rotatable bonds is 4. The highest BCUT2D eigenvalue weighted by Crippen LogP contribution is 2.36. The van der Waals surface area contributed by atoms with Crippen LogP contribution in [0.15, 0.2) is 48.7 Å². The molecule has 2 aliphatic rings. The molecule has 3 amide bonds. The number of carbonyl (C=O) groups is 3. The van der Waals surface area contributed by atoms with Crippen molar-refractivity contribution >= 4 is 23.7 Å². The van der Waals surface area contributed by atoms with Gasteiger partial charge in [-0.3, -0.25) is 4.79 Å². The number of urea groups is 1. The summed E-state index contributed by atoms with van der Waals surface area (Å²) in [6, 6.07) is 11.1. The first kappa shape index (κ1) is 19.9. The van der Waals surface area contributed by atoms with Gasteiger partial charge in [0.1, 0.15) is 5.82 Å². The van der Waals surface area contributed by atoms with Crippen molar-refractivity contribution in [1.29, 1.82) is 0 Å². The molecule has 1 aromatic carbocycles. The number of β-lactam (4-membered cyclic amide) rings is 1. The maximum Gasteiger partial charge on any atom is 0.328 e. The monoisotopic (exact) mass is 408 g/mol. The smallest absolute Gasteiger partial charge is 0.328 e. The molecule has 2 saturated heterocycles. The number of aliphatic carboxylic acids is 1. The Morgan fingerprint density at radius 3 is 2.63 bits per heavy atom. The van der Waals surface area contributed by atoms with Crippen LogP contribution >= 0.6 is 0 Å². The summed E-state index contributed by atoms with van der Waals surface area (Å²) in [6.45, 7) is 0.500. The van der Waals surface area contributed by atoms with Crippen molar-refractivity contribution in [3.63, 3.8) is 0 Å². The van der Waals surface area contributed by atoms with Crippen molar-refractivity contribution in [2.75, 3.05) is 12.3 Å². The van der Waals surface area contributed by atoms with E-state index in [0.29, 0.717) is 12.4 Å². The fraction of sp³-hybridized carbons (Fsp3) is 0.364. The van der Waals surface area contributed by atoms with E-state index >= 15 is 0 Å². The number of pyridine rings is 1. The van der Waals surface area contributed by atoms with Crippen molar-refractivity contribution in [2.24, 2.45) is 5.92 Å². The van der Waals surface area contributed by atoms with Crippen molar-refractivity contribution < 1.29 is 19.5 Å². The highest BCUT2D eigenvalue weighted by molar-refractivity contribution is 6.07. The van der Waals surface area contributed by atoms with E-state index < -0.39 is 29.9 Å². The van der Waals surface area contributed by atoms with Crippen molar-refractivity contribution in [3.8, 4) is 0 Å². The normalized spacial score (nSPS) is 23.7. The molecular weight excluding hydrogens is 384 g/mol. The fourth-order valence-corrected chi connectivity index (χ4v) is 4.44. The predicted molar refractivity (Wildman–Crippen MR) is 109 cm³/mol. The number of anilines is 1. The summed E-state index contributed by atoms with van der Waals surface area (Å²) in [5.74, 6) is -2.13. The molecule has 3 N–H and O–H groups in total. The molecule has 2 aliphatic heterocycles. The Morgan fingerprint density at radius 2 is 1.93 bits per heavy atom. The number of carboxylic acids is 1. The lowest BCUT2D eigenvalue weighted by Gasteiger charge is -2.47. The standard InChI is InChI=1S/C22H24N4O4/c23-18-13-14(9-10-24-18)12-16-19(21(28)29)26(20(16)27)22(30)25-11-5-4-8-17(25)15-6-2-1-3-7-15/h1-3,6-7,9-10,13,16-17,19H,4-5,8,11-12H2,(H2,23,24)(H,28,29)/t16-,17?,19+/m1/s1. The molecule has 0 saturated carbocycles. The number of nitrogens with two attached hydrogens (primary N) is 1. The summed E-state index contributed by atoms with van der Waals surface area (Å²) >= 11 is 0. The summed E-state index contributed by atoms with van der Waals surface area (Å²) in [6.07, 6.45) is 4.31. The summed E-state index contributed by atoms with van der Waals surface area (Å²) in [7, 11) is 0. The Morgan fingerprint density at radius 1 is 1.17 bits per heavy atom. The van der Waals surface area contributed by atoms with Crippen LogP contribution in [0.5, 0.6) is 0 Å². The number of hydrogen-bond donors (Lipinski definition) is 2. The van der Waals surface area contributed by atoms with Crippen LogP contribution in [0.3, 0.4) is 0 Å². The van der Waals surface area contributed by atoms with Crippen LogP contribution in [0.1, 0.15) is 36.4 Å². The quantitative estimate of drug-likeness (QED) is 0.751. The minimum atomic E-state index is -1.18. The molecule has 2 fully saturated rings. The summed E-state index contributed by atoms with van der Waals surface area (Å²) < 4.78 is 0. The van der Waals surface area contributed by atoms with E-state index in [-0.39, 0.29) is 12.5 Å². The largest absolute Gasteiger partial charge is 0.480 e. The Bertz CT molecular complexity index is 965. The molecule has 4 rings (SSSR count). The molecule has 8 heteroatoms. The SMILES string of the molecule is Nc1cc(C[C@H]2C(=O)N(C(=O)N3CCCCC3c3ccccc3)[C@@H]2C(=O)O)ccn1. The number of likely N-dealkylation sites (tertiary alicyclic amines) is 2. The van der Waals surface area contributed by atoms with Crippen molar-refractivity contribution in [3.05, 3.63) is 59.8 Å². The third-order valence-electron chi connectivity index (χ3n) is 5.91. The Hall–Kier alpha value is -3.42. The molecule has 3 heterocycles. The maximum atomic E-state index is 13.3. The van der Waals surface area contributed by atoms with Gasteiger partial charge in [0.15, 0.2) is 6.04 Å². The van der Waals surface area contributed by atoms with Gasteiger partial charge in [0.2, 0.25) is 5.91 Å². The molecule has 8 nitrogen and oxygen atoms in total. The van der Waals surface area contributed by atoms with Gasteiger partial charge < -0.3 is 15.7 Å². The Labute approximate surface area is 174 Å². The number of amides is 3. The minimum absolute atomic E-state index is 0.159. The van der Waals surface area contributed by atoms with Gasteiger partial charge in [0.05, 0.1) is 12.0 Å². The van der Waals surface area contributed by atoms with Crippen molar-refractivity contribution in [1.82, 2.24) is 14.8 Å². The molecule has 1 aromatic heterocycles.